The minimum atomic E-state index is 0.309. The molecule has 1 aliphatic rings. The molecule has 0 radical (unpaired) electrons. The molecule has 0 aliphatic carbocycles. The van der Waals surface area contributed by atoms with Crippen molar-refractivity contribution < 1.29 is 9.47 Å². The minimum absolute atomic E-state index is 0.309. The molecule has 1 aliphatic heterocycles. The first kappa shape index (κ1) is 13.0. The molecule has 0 spiro atoms. The zero-order chi connectivity index (χ0) is 12.1. The lowest BCUT2D eigenvalue weighted by molar-refractivity contribution is 0.108. The van der Waals surface area contributed by atoms with E-state index in [2.05, 4.69) is 30.7 Å². The second-order valence-corrected chi connectivity index (χ2v) is 4.71. The van der Waals surface area contributed by atoms with Gasteiger partial charge in [0.15, 0.2) is 0 Å². The average Bonchev–Trinajstić information content (AvgIpc) is 2.97. The van der Waals surface area contributed by atoms with Crippen molar-refractivity contribution in [3.63, 3.8) is 0 Å². The summed E-state index contributed by atoms with van der Waals surface area (Å²) in [6, 6.07) is 0. The van der Waals surface area contributed by atoms with E-state index in [9.17, 15) is 0 Å². The van der Waals surface area contributed by atoms with Crippen molar-refractivity contribution in [3.8, 4) is 0 Å². The Morgan fingerprint density at radius 3 is 2.94 bits per heavy atom. The lowest BCUT2D eigenvalue weighted by Gasteiger charge is -2.11. The van der Waals surface area contributed by atoms with Crippen LogP contribution in [-0.2, 0) is 27.8 Å². The van der Waals surface area contributed by atoms with Gasteiger partial charge in [0.05, 0.1) is 18.0 Å². The normalized spacial score (nSPS) is 20.0. The van der Waals surface area contributed by atoms with E-state index < -0.39 is 0 Å². The molecule has 1 aromatic rings. The van der Waals surface area contributed by atoms with Crippen LogP contribution in [0, 0.1) is 0 Å². The van der Waals surface area contributed by atoms with Crippen LogP contribution in [0.15, 0.2) is 0 Å². The molecule has 6 heteroatoms. The first-order chi connectivity index (χ1) is 8.35. The fourth-order valence-electron chi connectivity index (χ4n) is 2.07. The van der Waals surface area contributed by atoms with E-state index in [1.165, 1.54) is 0 Å². The van der Waals surface area contributed by atoms with Gasteiger partial charge < -0.3 is 14.0 Å². The van der Waals surface area contributed by atoms with Crippen molar-refractivity contribution in [2.45, 2.75) is 37.2 Å². The van der Waals surface area contributed by atoms with Gasteiger partial charge in [0.1, 0.15) is 11.6 Å². The van der Waals surface area contributed by atoms with E-state index in [0.29, 0.717) is 12.7 Å². The van der Waals surface area contributed by atoms with Crippen molar-refractivity contribution in [2.24, 2.45) is 0 Å². The number of nitrogens with zero attached hydrogens (tertiary/aromatic N) is 3. The van der Waals surface area contributed by atoms with Gasteiger partial charge in [-0.1, -0.05) is 15.9 Å². The Labute approximate surface area is 110 Å². The van der Waals surface area contributed by atoms with E-state index in [-0.39, 0.29) is 0 Å². The standard InChI is InChI=1S/C11H18BrN3O2/c1-16-6-4-15-10(13-14-11(15)8-12)7-9-3-2-5-17-9/h9H,2-8H2,1H3. The molecule has 96 valence electrons. The van der Waals surface area contributed by atoms with Gasteiger partial charge in [-0.3, -0.25) is 0 Å². The van der Waals surface area contributed by atoms with Crippen LogP contribution in [-0.4, -0.2) is 41.2 Å². The fourth-order valence-corrected chi connectivity index (χ4v) is 2.49. The van der Waals surface area contributed by atoms with Gasteiger partial charge in [0, 0.05) is 26.7 Å². The summed E-state index contributed by atoms with van der Waals surface area (Å²) in [7, 11) is 1.71. The summed E-state index contributed by atoms with van der Waals surface area (Å²) in [5, 5.41) is 9.15. The van der Waals surface area contributed by atoms with Crippen molar-refractivity contribution in [2.75, 3.05) is 20.3 Å². The molecule has 1 atom stereocenters. The van der Waals surface area contributed by atoms with Gasteiger partial charge in [0.25, 0.3) is 0 Å². The number of aromatic nitrogens is 3. The highest BCUT2D eigenvalue weighted by atomic mass is 79.9. The summed E-state index contributed by atoms with van der Waals surface area (Å²) in [6.07, 6.45) is 3.44. The van der Waals surface area contributed by atoms with Gasteiger partial charge in [-0.25, -0.2) is 0 Å². The molecule has 2 rings (SSSR count). The molecular weight excluding hydrogens is 286 g/mol. The highest BCUT2D eigenvalue weighted by molar-refractivity contribution is 9.08. The lowest BCUT2D eigenvalue weighted by atomic mass is 10.2. The van der Waals surface area contributed by atoms with E-state index in [4.69, 9.17) is 9.47 Å². The molecule has 0 amide bonds. The van der Waals surface area contributed by atoms with Crippen LogP contribution in [0.3, 0.4) is 0 Å². The van der Waals surface area contributed by atoms with Crippen molar-refractivity contribution >= 4 is 15.9 Å². The van der Waals surface area contributed by atoms with Gasteiger partial charge in [-0.2, -0.15) is 0 Å². The highest BCUT2D eigenvalue weighted by Gasteiger charge is 2.20. The summed E-state index contributed by atoms with van der Waals surface area (Å²) >= 11 is 3.43. The van der Waals surface area contributed by atoms with Gasteiger partial charge in [0.2, 0.25) is 0 Å². The van der Waals surface area contributed by atoms with E-state index in [1.54, 1.807) is 7.11 Å². The Morgan fingerprint density at radius 2 is 2.29 bits per heavy atom. The molecule has 0 bridgehead atoms. The van der Waals surface area contributed by atoms with Crippen LogP contribution in [0.2, 0.25) is 0 Å². The van der Waals surface area contributed by atoms with Crippen LogP contribution in [0.4, 0.5) is 0 Å². The predicted molar refractivity (Wildman–Crippen MR) is 67.2 cm³/mol. The van der Waals surface area contributed by atoms with Crippen LogP contribution in [0.1, 0.15) is 24.5 Å². The van der Waals surface area contributed by atoms with E-state index >= 15 is 0 Å². The Morgan fingerprint density at radius 1 is 1.47 bits per heavy atom. The van der Waals surface area contributed by atoms with Crippen LogP contribution in [0.25, 0.3) is 0 Å². The summed E-state index contributed by atoms with van der Waals surface area (Å²) < 4.78 is 12.9. The number of hydrogen-bond acceptors (Lipinski definition) is 4. The largest absolute Gasteiger partial charge is 0.383 e. The molecule has 0 saturated carbocycles. The number of alkyl halides is 1. The molecule has 2 heterocycles. The Bertz CT molecular complexity index is 350. The lowest BCUT2D eigenvalue weighted by Crippen LogP contribution is -2.16. The van der Waals surface area contributed by atoms with E-state index in [0.717, 1.165) is 49.4 Å². The fraction of sp³-hybridized carbons (Fsp3) is 0.818. The third-order valence-electron chi connectivity index (χ3n) is 2.98. The third kappa shape index (κ3) is 3.26. The number of rotatable bonds is 6. The number of ether oxygens (including phenoxy) is 2. The van der Waals surface area contributed by atoms with Crippen molar-refractivity contribution in [3.05, 3.63) is 11.6 Å². The van der Waals surface area contributed by atoms with Gasteiger partial charge in [-0.15, -0.1) is 10.2 Å². The maximum absolute atomic E-state index is 5.64. The first-order valence-electron chi connectivity index (χ1n) is 5.92. The molecule has 1 aromatic heterocycles. The van der Waals surface area contributed by atoms with E-state index in [1.807, 2.05) is 0 Å². The van der Waals surface area contributed by atoms with Crippen molar-refractivity contribution in [1.29, 1.82) is 0 Å². The predicted octanol–water partition coefficient (Wildman–Crippen LogP) is 1.54. The average molecular weight is 304 g/mol. The Hall–Kier alpha value is -0.460. The molecule has 0 aromatic carbocycles. The molecule has 1 fully saturated rings. The number of hydrogen-bond donors (Lipinski definition) is 0. The second kappa shape index (κ2) is 6.47. The zero-order valence-corrected chi connectivity index (χ0v) is 11.6. The summed E-state index contributed by atoms with van der Waals surface area (Å²) in [6.45, 7) is 2.35. The zero-order valence-electron chi connectivity index (χ0n) is 10.1. The van der Waals surface area contributed by atoms with Gasteiger partial charge in [-0.05, 0) is 12.8 Å². The quantitative estimate of drug-likeness (QED) is 0.748. The molecular formula is C11H18BrN3O2. The smallest absolute Gasteiger partial charge is 0.143 e. The molecule has 1 unspecified atom stereocenters. The first-order valence-corrected chi connectivity index (χ1v) is 7.04. The number of methoxy groups -OCH3 is 1. The molecule has 0 N–H and O–H groups in total. The number of halogens is 1. The SMILES string of the molecule is COCCn1c(CBr)nnc1CC1CCCO1. The maximum atomic E-state index is 5.64. The summed E-state index contributed by atoms with van der Waals surface area (Å²) in [5.74, 6) is 1.96. The van der Waals surface area contributed by atoms with Crippen molar-refractivity contribution in [1.82, 2.24) is 14.8 Å². The highest BCUT2D eigenvalue weighted by Crippen LogP contribution is 2.17. The van der Waals surface area contributed by atoms with Gasteiger partial charge >= 0.3 is 0 Å². The summed E-state index contributed by atoms with van der Waals surface area (Å²) in [5.41, 5.74) is 0. The molecule has 5 nitrogen and oxygen atoms in total. The maximum Gasteiger partial charge on any atom is 0.143 e. The Balaban J connectivity index is 2.05. The van der Waals surface area contributed by atoms with Crippen LogP contribution < -0.4 is 0 Å². The topological polar surface area (TPSA) is 49.2 Å². The monoisotopic (exact) mass is 303 g/mol. The van der Waals surface area contributed by atoms with Crippen LogP contribution in [0.5, 0.6) is 0 Å². The minimum Gasteiger partial charge on any atom is -0.383 e. The molecule has 17 heavy (non-hydrogen) atoms. The second-order valence-electron chi connectivity index (χ2n) is 4.15. The third-order valence-corrected chi connectivity index (χ3v) is 3.48. The summed E-state index contributed by atoms with van der Waals surface area (Å²) in [4.78, 5) is 0. The Kier molecular flexibility index (Phi) is 4.94. The van der Waals surface area contributed by atoms with Crippen LogP contribution >= 0.6 is 15.9 Å². The molecule has 1 saturated heterocycles.